The molecule has 2 atom stereocenters. The van der Waals surface area contributed by atoms with Crippen LogP contribution in [0.2, 0.25) is 0 Å². The molecule has 0 amide bonds. The monoisotopic (exact) mass is 307 g/mol. The number of hydrogen-bond donors (Lipinski definition) is 1. The molecule has 4 heteroatoms. The van der Waals surface area contributed by atoms with Gasteiger partial charge in [-0.3, -0.25) is 0 Å². The van der Waals surface area contributed by atoms with Crippen molar-refractivity contribution in [1.82, 2.24) is 15.3 Å². The average Bonchev–Trinajstić information content (AvgIpc) is 2.91. The highest BCUT2D eigenvalue weighted by molar-refractivity contribution is 7.99. The maximum Gasteiger partial charge on any atom is 0.141 e. The van der Waals surface area contributed by atoms with Gasteiger partial charge in [0.15, 0.2) is 0 Å². The molecule has 0 aromatic carbocycles. The molecule has 1 aromatic rings. The first-order chi connectivity index (χ1) is 9.99. The summed E-state index contributed by atoms with van der Waals surface area (Å²) in [6, 6.07) is 0. The SMILES string of the molecule is Cc1nc(C2CCCS2)nc(C)c1C(C)CNCC(C)C. The van der Waals surface area contributed by atoms with Gasteiger partial charge in [0.2, 0.25) is 0 Å². The van der Waals surface area contributed by atoms with E-state index in [1.165, 1.54) is 35.5 Å². The molecule has 3 nitrogen and oxygen atoms in total. The second kappa shape index (κ2) is 7.59. The molecule has 0 spiro atoms. The normalized spacial score (nSPS) is 20.2. The summed E-state index contributed by atoms with van der Waals surface area (Å²) in [6.07, 6.45) is 2.53. The number of rotatable bonds is 6. The summed E-state index contributed by atoms with van der Waals surface area (Å²) >= 11 is 2.01. The van der Waals surface area contributed by atoms with E-state index in [0.29, 0.717) is 17.1 Å². The molecular formula is C17H29N3S. The lowest BCUT2D eigenvalue weighted by Gasteiger charge is -2.19. The van der Waals surface area contributed by atoms with Crippen molar-refractivity contribution in [3.05, 3.63) is 22.8 Å². The Balaban J connectivity index is 2.08. The molecule has 1 aromatic heterocycles. The van der Waals surface area contributed by atoms with E-state index in [9.17, 15) is 0 Å². The van der Waals surface area contributed by atoms with Crippen molar-refractivity contribution in [3.8, 4) is 0 Å². The Morgan fingerprint density at radius 3 is 2.33 bits per heavy atom. The van der Waals surface area contributed by atoms with Crippen molar-refractivity contribution in [2.45, 2.75) is 58.6 Å². The third-order valence-electron chi connectivity index (χ3n) is 4.06. The van der Waals surface area contributed by atoms with Gasteiger partial charge in [0.25, 0.3) is 0 Å². The van der Waals surface area contributed by atoms with Crippen molar-refractivity contribution in [2.24, 2.45) is 5.92 Å². The highest BCUT2D eigenvalue weighted by Gasteiger charge is 2.23. The molecule has 118 valence electrons. The van der Waals surface area contributed by atoms with E-state index in [1.807, 2.05) is 11.8 Å². The smallest absolute Gasteiger partial charge is 0.141 e. The summed E-state index contributed by atoms with van der Waals surface area (Å²) < 4.78 is 0. The molecule has 2 rings (SSSR count). The minimum absolute atomic E-state index is 0.467. The molecule has 1 N–H and O–H groups in total. The van der Waals surface area contributed by atoms with Gasteiger partial charge in [-0.15, -0.1) is 0 Å². The van der Waals surface area contributed by atoms with E-state index in [4.69, 9.17) is 9.97 Å². The fraction of sp³-hybridized carbons (Fsp3) is 0.765. The predicted octanol–water partition coefficient (Wildman–Crippen LogP) is 4.01. The third kappa shape index (κ3) is 4.43. The van der Waals surface area contributed by atoms with Crippen LogP contribution < -0.4 is 5.32 Å². The van der Waals surface area contributed by atoms with Gasteiger partial charge in [-0.25, -0.2) is 9.97 Å². The maximum absolute atomic E-state index is 4.82. The molecule has 2 unspecified atom stereocenters. The minimum Gasteiger partial charge on any atom is -0.316 e. The van der Waals surface area contributed by atoms with Gasteiger partial charge in [-0.1, -0.05) is 20.8 Å². The molecule has 1 saturated heterocycles. The third-order valence-corrected chi connectivity index (χ3v) is 5.43. The Labute approximate surface area is 133 Å². The molecule has 0 saturated carbocycles. The summed E-state index contributed by atoms with van der Waals surface area (Å²) in [5, 5.41) is 4.07. The summed E-state index contributed by atoms with van der Waals surface area (Å²) in [5.74, 6) is 3.47. The molecule has 0 radical (unpaired) electrons. The summed E-state index contributed by atoms with van der Waals surface area (Å²) in [4.78, 5) is 9.64. The summed E-state index contributed by atoms with van der Waals surface area (Å²) in [6.45, 7) is 13.1. The van der Waals surface area contributed by atoms with E-state index < -0.39 is 0 Å². The standard InChI is InChI=1S/C17H29N3S/c1-11(2)9-18-10-12(3)16-13(4)19-17(20-14(16)5)15-7-6-8-21-15/h11-12,15,18H,6-10H2,1-5H3. The van der Waals surface area contributed by atoms with Crippen LogP contribution in [0, 0.1) is 19.8 Å². The van der Waals surface area contributed by atoms with Crippen molar-refractivity contribution < 1.29 is 0 Å². The molecule has 0 aliphatic carbocycles. The fourth-order valence-corrected chi connectivity index (χ4v) is 4.29. The van der Waals surface area contributed by atoms with Gasteiger partial charge in [0.1, 0.15) is 5.82 Å². The van der Waals surface area contributed by atoms with Crippen molar-refractivity contribution in [2.75, 3.05) is 18.8 Å². The lowest BCUT2D eigenvalue weighted by Crippen LogP contribution is -2.25. The van der Waals surface area contributed by atoms with Crippen molar-refractivity contribution in [1.29, 1.82) is 0 Å². The Morgan fingerprint density at radius 1 is 1.14 bits per heavy atom. The van der Waals surface area contributed by atoms with Crippen LogP contribution in [0.1, 0.15) is 67.6 Å². The zero-order valence-electron chi connectivity index (χ0n) is 14.1. The van der Waals surface area contributed by atoms with E-state index in [-0.39, 0.29) is 0 Å². The van der Waals surface area contributed by atoms with Crippen LogP contribution in [0.4, 0.5) is 0 Å². The topological polar surface area (TPSA) is 37.8 Å². The zero-order valence-corrected chi connectivity index (χ0v) is 14.9. The van der Waals surface area contributed by atoms with Gasteiger partial charge in [-0.05, 0) is 56.4 Å². The largest absolute Gasteiger partial charge is 0.316 e. The van der Waals surface area contributed by atoms with E-state index in [1.54, 1.807) is 0 Å². The Kier molecular flexibility index (Phi) is 6.06. The van der Waals surface area contributed by atoms with Crippen molar-refractivity contribution in [3.63, 3.8) is 0 Å². The number of aryl methyl sites for hydroxylation is 2. The van der Waals surface area contributed by atoms with Crippen molar-refractivity contribution >= 4 is 11.8 Å². The van der Waals surface area contributed by atoms with Crippen LogP contribution in [-0.4, -0.2) is 28.8 Å². The molecular weight excluding hydrogens is 278 g/mol. The highest BCUT2D eigenvalue weighted by Crippen LogP contribution is 2.38. The molecule has 21 heavy (non-hydrogen) atoms. The first-order valence-corrected chi connectivity index (χ1v) is 9.21. The minimum atomic E-state index is 0.467. The first kappa shape index (κ1) is 16.8. The first-order valence-electron chi connectivity index (χ1n) is 8.16. The predicted molar refractivity (Wildman–Crippen MR) is 92.1 cm³/mol. The lowest BCUT2D eigenvalue weighted by molar-refractivity contribution is 0.525. The van der Waals surface area contributed by atoms with Crippen LogP contribution in [0.5, 0.6) is 0 Å². The van der Waals surface area contributed by atoms with E-state index in [0.717, 1.165) is 18.9 Å². The van der Waals surface area contributed by atoms with Gasteiger partial charge in [0.05, 0.1) is 5.25 Å². The lowest BCUT2D eigenvalue weighted by atomic mass is 9.97. The Hall–Kier alpha value is -0.610. The van der Waals surface area contributed by atoms with E-state index in [2.05, 4.69) is 39.9 Å². The van der Waals surface area contributed by atoms with Gasteiger partial charge < -0.3 is 5.32 Å². The van der Waals surface area contributed by atoms with E-state index >= 15 is 0 Å². The Bertz CT molecular complexity index is 444. The summed E-state index contributed by atoms with van der Waals surface area (Å²) in [7, 11) is 0. The van der Waals surface area contributed by atoms with Gasteiger partial charge in [0, 0.05) is 17.9 Å². The number of hydrogen-bond acceptors (Lipinski definition) is 4. The number of nitrogens with zero attached hydrogens (tertiary/aromatic N) is 2. The number of nitrogens with one attached hydrogen (secondary N) is 1. The number of thioether (sulfide) groups is 1. The van der Waals surface area contributed by atoms with Gasteiger partial charge >= 0.3 is 0 Å². The summed E-state index contributed by atoms with van der Waals surface area (Å²) in [5.41, 5.74) is 3.67. The fourth-order valence-electron chi connectivity index (χ4n) is 3.08. The highest BCUT2D eigenvalue weighted by atomic mass is 32.2. The molecule has 0 bridgehead atoms. The van der Waals surface area contributed by atoms with Crippen LogP contribution in [0.15, 0.2) is 0 Å². The molecule has 1 aliphatic heterocycles. The van der Waals surface area contributed by atoms with Crippen LogP contribution in [-0.2, 0) is 0 Å². The second-order valence-corrected chi connectivity index (χ2v) is 7.93. The zero-order chi connectivity index (χ0) is 15.4. The maximum atomic E-state index is 4.82. The molecule has 1 aliphatic rings. The number of aromatic nitrogens is 2. The van der Waals surface area contributed by atoms with Crippen LogP contribution in [0.25, 0.3) is 0 Å². The van der Waals surface area contributed by atoms with Gasteiger partial charge in [-0.2, -0.15) is 11.8 Å². The Morgan fingerprint density at radius 2 is 1.81 bits per heavy atom. The van der Waals surface area contributed by atoms with Crippen LogP contribution >= 0.6 is 11.8 Å². The quantitative estimate of drug-likeness (QED) is 0.861. The second-order valence-electron chi connectivity index (χ2n) is 6.62. The average molecular weight is 308 g/mol. The van der Waals surface area contributed by atoms with Crippen LogP contribution in [0.3, 0.4) is 0 Å². The molecule has 2 heterocycles. The molecule has 1 fully saturated rings.